The van der Waals surface area contributed by atoms with Crippen molar-refractivity contribution in [2.45, 2.75) is 33.2 Å². The van der Waals surface area contributed by atoms with Crippen molar-refractivity contribution >= 4 is 23.5 Å². The molecular weight excluding hydrogens is 464 g/mol. The van der Waals surface area contributed by atoms with Crippen molar-refractivity contribution in [3.8, 4) is 11.3 Å². The highest BCUT2D eigenvalue weighted by molar-refractivity contribution is 6.38. The van der Waals surface area contributed by atoms with E-state index >= 15 is 0 Å². The summed E-state index contributed by atoms with van der Waals surface area (Å²) in [5.74, 6) is -4.22. The van der Waals surface area contributed by atoms with Crippen molar-refractivity contribution in [1.29, 1.82) is 0 Å². The second-order valence-corrected chi connectivity index (χ2v) is 8.23. The van der Waals surface area contributed by atoms with E-state index in [4.69, 9.17) is 9.84 Å². The summed E-state index contributed by atoms with van der Waals surface area (Å²) in [7, 11) is 0. The van der Waals surface area contributed by atoms with Crippen LogP contribution in [0.1, 0.15) is 53.9 Å². The molecule has 0 aliphatic carbocycles. The van der Waals surface area contributed by atoms with Crippen molar-refractivity contribution in [2.24, 2.45) is 0 Å². The van der Waals surface area contributed by atoms with Gasteiger partial charge in [-0.2, -0.15) is 4.98 Å². The van der Waals surface area contributed by atoms with E-state index in [1.807, 2.05) is 19.9 Å². The Morgan fingerprint density at radius 1 is 1.03 bits per heavy atom. The second-order valence-electron chi connectivity index (χ2n) is 8.23. The third kappa shape index (κ3) is 5.75. The average molecular weight is 491 g/mol. The number of aliphatic hydroxyl groups excluding tert-OH is 1. The Balaban J connectivity index is 2.10. The fourth-order valence-electron chi connectivity index (χ4n) is 3.77. The zero-order chi connectivity index (χ0) is 26.4. The summed E-state index contributed by atoms with van der Waals surface area (Å²) in [5, 5.41) is 18.7. The summed E-state index contributed by atoms with van der Waals surface area (Å²) >= 11 is 0. The predicted molar refractivity (Wildman–Crippen MR) is 133 cm³/mol. The van der Waals surface area contributed by atoms with Gasteiger partial charge in [-0.05, 0) is 18.4 Å². The molecule has 36 heavy (non-hydrogen) atoms. The normalized spacial score (nSPS) is 11.4. The van der Waals surface area contributed by atoms with Crippen LogP contribution in [0.15, 0.2) is 65.5 Å². The fourth-order valence-corrected chi connectivity index (χ4v) is 3.77. The third-order valence-electron chi connectivity index (χ3n) is 5.36. The average Bonchev–Trinajstić information content (AvgIpc) is 2.85. The van der Waals surface area contributed by atoms with E-state index in [0.29, 0.717) is 22.9 Å². The van der Waals surface area contributed by atoms with E-state index in [1.165, 1.54) is 16.7 Å². The van der Waals surface area contributed by atoms with Gasteiger partial charge in [-0.1, -0.05) is 68.4 Å². The van der Waals surface area contributed by atoms with Crippen molar-refractivity contribution in [3.63, 3.8) is 0 Å². The number of esters is 1. The van der Waals surface area contributed by atoms with E-state index in [1.54, 1.807) is 43.3 Å². The molecule has 3 aromatic rings. The van der Waals surface area contributed by atoms with Gasteiger partial charge in [-0.25, -0.2) is 14.4 Å². The minimum absolute atomic E-state index is 0.0830. The van der Waals surface area contributed by atoms with Gasteiger partial charge in [0.1, 0.15) is 11.3 Å². The zero-order valence-electron chi connectivity index (χ0n) is 20.1. The first kappa shape index (κ1) is 26.1. The number of carbonyl (C=O) groups excluding carboxylic acids is 2. The number of nitrogens with zero attached hydrogens (tertiary/aromatic N) is 2. The van der Waals surface area contributed by atoms with Crippen LogP contribution in [0.3, 0.4) is 0 Å². The highest BCUT2D eigenvalue weighted by atomic mass is 16.5. The number of carboxylic acid groups (broad SMARTS) is 1. The lowest BCUT2D eigenvalue weighted by Crippen LogP contribution is -2.31. The Kier molecular flexibility index (Phi) is 8.16. The number of rotatable bonds is 9. The van der Waals surface area contributed by atoms with Gasteiger partial charge in [-0.15, -0.1) is 0 Å². The lowest BCUT2D eigenvalue weighted by atomic mass is 9.97. The fraction of sp³-hybridized carbons (Fsp3) is 0.222. The number of carbonyl (C=O) groups is 3. The van der Waals surface area contributed by atoms with Gasteiger partial charge in [0.05, 0.1) is 18.8 Å². The van der Waals surface area contributed by atoms with Crippen LogP contribution in [0.4, 0.5) is 0 Å². The molecule has 0 aliphatic rings. The topological polar surface area (TPSA) is 136 Å². The molecule has 186 valence electrons. The van der Waals surface area contributed by atoms with Gasteiger partial charge in [-0.3, -0.25) is 9.36 Å². The number of ether oxygens (including phenoxy) is 1. The van der Waals surface area contributed by atoms with Gasteiger partial charge < -0.3 is 14.9 Å². The second kappa shape index (κ2) is 11.3. The Bertz CT molecular complexity index is 1370. The molecule has 0 saturated heterocycles. The molecule has 9 heteroatoms. The van der Waals surface area contributed by atoms with Crippen LogP contribution in [-0.2, 0) is 20.9 Å². The number of carboxylic acids is 1. The molecule has 0 saturated carbocycles. The van der Waals surface area contributed by atoms with Crippen LogP contribution in [0.5, 0.6) is 0 Å². The summed E-state index contributed by atoms with van der Waals surface area (Å²) in [4.78, 5) is 52.5. The molecule has 0 unspecified atom stereocenters. The molecule has 0 aliphatic heterocycles. The molecular formula is C27H26N2O7. The first-order valence-corrected chi connectivity index (χ1v) is 11.3. The van der Waals surface area contributed by atoms with Gasteiger partial charge in [0.25, 0.3) is 5.78 Å². The lowest BCUT2D eigenvalue weighted by molar-refractivity contribution is -0.146. The van der Waals surface area contributed by atoms with Crippen LogP contribution in [0.25, 0.3) is 17.0 Å². The lowest BCUT2D eigenvalue weighted by Gasteiger charge is -2.21. The molecule has 0 fully saturated rings. The molecule has 1 aromatic heterocycles. The molecule has 9 nitrogen and oxygen atoms in total. The SMILES string of the molecule is CCOC(=O)c1c(-c2ccccc2)nc(=O)n(Cc2ccc(/C(O)=C/C(=O)C(=O)O)cc2)c1C(C)C. The maximum Gasteiger partial charge on any atom is 0.376 e. The summed E-state index contributed by atoms with van der Waals surface area (Å²) in [6.07, 6.45) is 0.622. The van der Waals surface area contributed by atoms with Crippen LogP contribution in [0, 0.1) is 0 Å². The highest BCUT2D eigenvalue weighted by Crippen LogP contribution is 2.28. The predicted octanol–water partition coefficient (Wildman–Crippen LogP) is 3.81. The maximum absolute atomic E-state index is 13.2. The van der Waals surface area contributed by atoms with Crippen molar-refractivity contribution in [3.05, 3.63) is 93.5 Å². The molecule has 0 radical (unpaired) electrons. The van der Waals surface area contributed by atoms with Crippen molar-refractivity contribution in [2.75, 3.05) is 6.61 Å². The Morgan fingerprint density at radius 3 is 2.22 bits per heavy atom. The molecule has 1 heterocycles. The first-order chi connectivity index (χ1) is 17.1. The van der Waals surface area contributed by atoms with Gasteiger partial charge >= 0.3 is 17.6 Å². The van der Waals surface area contributed by atoms with Gasteiger partial charge in [0.15, 0.2) is 0 Å². The quantitative estimate of drug-likeness (QED) is 0.200. The number of aliphatic carboxylic acids is 1. The number of hydrogen-bond donors (Lipinski definition) is 2. The maximum atomic E-state index is 13.2. The number of benzene rings is 2. The standard InChI is InChI=1S/C27H26N2O7/c1-4-36-26(34)22-23(19-8-6-5-7-9-19)28-27(35)29(24(22)16(2)3)15-17-10-12-18(13-11-17)20(30)14-21(31)25(32)33/h5-14,16,30H,4,15H2,1-3H3,(H,32,33)/b20-14-. The summed E-state index contributed by atoms with van der Waals surface area (Å²) in [6.45, 7) is 5.68. The number of aromatic nitrogens is 2. The van der Waals surface area contributed by atoms with Crippen LogP contribution >= 0.6 is 0 Å². The Morgan fingerprint density at radius 2 is 1.67 bits per heavy atom. The summed E-state index contributed by atoms with van der Waals surface area (Å²) in [5.41, 5.74) is 1.93. The number of ketones is 1. The van der Waals surface area contributed by atoms with E-state index in [-0.39, 0.29) is 35.9 Å². The molecule has 0 bridgehead atoms. The van der Waals surface area contributed by atoms with Gasteiger partial charge in [0.2, 0.25) is 0 Å². The number of aliphatic hydroxyl groups is 1. The Labute approximate surface area is 207 Å². The van der Waals surface area contributed by atoms with Crippen LogP contribution in [-0.4, -0.2) is 44.1 Å². The molecule has 2 aromatic carbocycles. The van der Waals surface area contributed by atoms with E-state index in [2.05, 4.69) is 4.98 Å². The van der Waals surface area contributed by atoms with Crippen molar-refractivity contribution < 1.29 is 29.3 Å². The molecule has 0 spiro atoms. The third-order valence-corrected chi connectivity index (χ3v) is 5.36. The number of hydrogen-bond acceptors (Lipinski definition) is 7. The van der Waals surface area contributed by atoms with E-state index in [9.17, 15) is 24.3 Å². The zero-order valence-corrected chi connectivity index (χ0v) is 20.1. The van der Waals surface area contributed by atoms with Crippen LogP contribution in [0.2, 0.25) is 0 Å². The highest BCUT2D eigenvalue weighted by Gasteiger charge is 2.26. The largest absolute Gasteiger partial charge is 0.507 e. The Hall–Kier alpha value is -4.53. The minimum atomic E-state index is -1.68. The summed E-state index contributed by atoms with van der Waals surface area (Å²) in [6, 6.07) is 15.2. The summed E-state index contributed by atoms with van der Waals surface area (Å²) < 4.78 is 6.74. The first-order valence-electron chi connectivity index (χ1n) is 11.3. The molecule has 0 amide bonds. The monoisotopic (exact) mass is 490 g/mol. The smallest absolute Gasteiger partial charge is 0.376 e. The molecule has 3 rings (SSSR count). The van der Waals surface area contributed by atoms with Gasteiger partial charge in [0, 0.05) is 22.9 Å². The van der Waals surface area contributed by atoms with Crippen molar-refractivity contribution in [1.82, 2.24) is 9.55 Å². The van der Waals surface area contributed by atoms with Crippen LogP contribution < -0.4 is 5.69 Å². The molecule has 0 atom stereocenters. The van der Waals surface area contributed by atoms with E-state index < -0.39 is 29.2 Å². The molecule has 2 N–H and O–H groups in total. The van der Waals surface area contributed by atoms with E-state index in [0.717, 1.165) is 0 Å². The minimum Gasteiger partial charge on any atom is -0.507 e.